The van der Waals surface area contributed by atoms with Crippen LogP contribution in [0.3, 0.4) is 0 Å². The van der Waals surface area contributed by atoms with E-state index in [-0.39, 0.29) is 43.7 Å². The number of hydrogen-bond donors (Lipinski definition) is 18. The van der Waals surface area contributed by atoms with Crippen molar-refractivity contribution in [2.75, 3.05) is 19.7 Å². The topological polar surface area (TPSA) is 509 Å². The maximum absolute atomic E-state index is 14.9. The summed E-state index contributed by atoms with van der Waals surface area (Å²) in [6, 6.07) is -2.79. The molecule has 530 valence electrons. The Morgan fingerprint density at radius 3 is 1.64 bits per heavy atom. The monoisotopic (exact) mass is 1370 g/mol. The number of benzene rings is 3. The molecule has 0 heterocycles. The molecule has 3 aromatic carbocycles. The van der Waals surface area contributed by atoms with Crippen molar-refractivity contribution in [3.63, 3.8) is 0 Å². The van der Waals surface area contributed by atoms with E-state index in [9.17, 15) is 95.1 Å². The number of alkyl carbamates (subject to hydrolysis) is 1. The molecule has 36 heteroatoms. The van der Waals surface area contributed by atoms with Gasteiger partial charge >= 0.3 is 12.1 Å². The number of nitrogens with two attached hydrogens (primary N) is 3. The Kier molecular flexibility index (Phi) is 32.4. The summed E-state index contributed by atoms with van der Waals surface area (Å²) in [6.45, 7) is 7.92. The number of amides is 10. The second-order valence-electron chi connectivity index (χ2n) is 22.8. The number of aliphatic hydroxyl groups is 4. The van der Waals surface area contributed by atoms with Crippen molar-refractivity contribution in [3.05, 3.63) is 101 Å². The van der Waals surface area contributed by atoms with Crippen LogP contribution >= 0.6 is 0 Å². The molecule has 0 aliphatic carbocycles. The van der Waals surface area contributed by atoms with E-state index in [4.69, 9.17) is 27.3 Å². The van der Waals surface area contributed by atoms with Crippen molar-refractivity contribution in [1.29, 1.82) is 5.41 Å². The van der Waals surface area contributed by atoms with Gasteiger partial charge in [0.25, 0.3) is 0 Å². The molecule has 3 aromatic rings. The van der Waals surface area contributed by atoms with Crippen LogP contribution in [0.1, 0.15) is 91.3 Å². The average molecular weight is 1370 g/mol. The number of halogens is 5. The van der Waals surface area contributed by atoms with Crippen LogP contribution in [0.5, 0.6) is 5.75 Å². The highest BCUT2D eigenvalue weighted by Gasteiger charge is 2.41. The third-order valence-electron chi connectivity index (χ3n) is 14.5. The van der Waals surface area contributed by atoms with E-state index in [1.807, 2.05) is 16.0 Å². The molecule has 0 fully saturated rings. The SMILES string of the molecule is CC[C@H](C)[C@H](NC(=O)[C@@H](CCCNC(=N)N)NC(=O)[C@H](CC(C)C)NC(=O)[C@@H](N)[C@H](O)C(C)C)C(=O)NC(C(=O)NCC(=O)N[C@H](C(=O)N[C@@H](CO)C(=O)N[C@H](c1ccccc1)[C@H](NC(=O)OCc1ccccc1)C(=O)Oc1c(F)c(F)c(F)c(F)c1F)[C@H](O)C(N)=O)[C@H](C)O. The van der Waals surface area contributed by atoms with Crippen molar-refractivity contribution in [2.24, 2.45) is 35.0 Å². The summed E-state index contributed by atoms with van der Waals surface area (Å²) in [5, 5.41) is 72.5. The lowest BCUT2D eigenvalue weighted by molar-refractivity contribution is -0.140. The number of esters is 1. The van der Waals surface area contributed by atoms with Gasteiger partial charge in [-0.2, -0.15) is 8.78 Å². The molecule has 0 saturated heterocycles. The van der Waals surface area contributed by atoms with E-state index < -0.39 is 210 Å². The number of hydrogen-bond acceptors (Lipinski definition) is 19. The Hall–Kier alpha value is -9.65. The molecule has 0 radical (unpaired) electrons. The number of carbonyl (C=O) groups is 11. The number of primary amides is 1. The van der Waals surface area contributed by atoms with Gasteiger partial charge in [0.1, 0.15) is 48.9 Å². The Bertz CT molecular complexity index is 3190. The lowest BCUT2D eigenvalue weighted by Crippen LogP contribution is -2.63. The van der Waals surface area contributed by atoms with Crippen LogP contribution in [0, 0.1) is 52.2 Å². The van der Waals surface area contributed by atoms with Crippen molar-refractivity contribution < 1.29 is 105 Å². The van der Waals surface area contributed by atoms with Gasteiger partial charge in [0.2, 0.25) is 88.0 Å². The Morgan fingerprint density at radius 1 is 0.583 bits per heavy atom. The van der Waals surface area contributed by atoms with Gasteiger partial charge in [0.15, 0.2) is 18.1 Å². The number of guanidine groups is 1. The fourth-order valence-electron chi connectivity index (χ4n) is 8.91. The summed E-state index contributed by atoms with van der Waals surface area (Å²) >= 11 is 0. The van der Waals surface area contributed by atoms with Crippen LogP contribution in [0.4, 0.5) is 26.7 Å². The molecule has 3 rings (SSSR count). The summed E-state index contributed by atoms with van der Waals surface area (Å²) in [6.07, 6.45) is -7.03. The molecule has 0 spiro atoms. The van der Waals surface area contributed by atoms with Crippen LogP contribution in [0.15, 0.2) is 60.7 Å². The van der Waals surface area contributed by atoms with E-state index in [0.29, 0.717) is 5.56 Å². The van der Waals surface area contributed by atoms with Gasteiger partial charge in [-0.15, -0.1) is 0 Å². The summed E-state index contributed by atoms with van der Waals surface area (Å²) in [5.74, 6) is -30.3. The summed E-state index contributed by atoms with van der Waals surface area (Å²) in [4.78, 5) is 150. The second kappa shape index (κ2) is 38.6. The molecule has 31 nitrogen and oxygen atoms in total. The van der Waals surface area contributed by atoms with Crippen LogP contribution in [-0.2, 0) is 59.3 Å². The van der Waals surface area contributed by atoms with Gasteiger partial charge < -0.3 is 100 Å². The van der Waals surface area contributed by atoms with Crippen molar-refractivity contribution >= 4 is 71.2 Å². The van der Waals surface area contributed by atoms with Crippen LogP contribution < -0.4 is 75.1 Å². The largest absolute Gasteiger partial charge is 0.445 e. The lowest BCUT2D eigenvalue weighted by Gasteiger charge is -2.30. The Morgan fingerprint density at radius 2 is 1.10 bits per heavy atom. The van der Waals surface area contributed by atoms with E-state index >= 15 is 0 Å². The fourth-order valence-corrected chi connectivity index (χ4v) is 8.91. The van der Waals surface area contributed by atoms with Crippen LogP contribution in [0.2, 0.25) is 0 Å². The van der Waals surface area contributed by atoms with Gasteiger partial charge in [0, 0.05) is 6.54 Å². The standard InChI is InChI=1S/C60H83F5N14O17/c1-8-28(6)42(76-51(86)32(20-15-21-70-59(68)69)72-52(87)33(22-26(2)3)73-54(89)41(66)47(83)27(4)5)56(91)77-43(29(7)81)55(90)71-23-35(82)75-46(48(84)50(67)85)57(92)74-34(24-80)53(88)78-44(31-18-13-10-14-19-31)45(79-60(94)95-25-30-16-11-9-12-17-30)58(93)96-49-39(64)37(62)36(61)38(63)40(49)65/h9-14,16-19,26-29,32-34,41-48,80-81,83-84H,8,15,20-25,66H2,1-7H3,(H2,67,85)(H,71,90)(H,72,87)(H,73,89)(H,74,92)(H,75,82)(H,76,86)(H,77,91)(H,78,88)(H,79,94)(H4,68,69,70)/t28-,29-,32+,33-,34-,41-,42-,43?,44+,45-,46-,47+,48-/m0/s1. The zero-order chi connectivity index (χ0) is 72.4. The Labute approximate surface area is 547 Å². The Balaban J connectivity index is 1.88. The van der Waals surface area contributed by atoms with Crippen molar-refractivity contribution in [1.82, 2.24) is 53.2 Å². The zero-order valence-corrected chi connectivity index (χ0v) is 53.3. The highest BCUT2D eigenvalue weighted by atomic mass is 19.2. The zero-order valence-electron chi connectivity index (χ0n) is 53.3. The van der Waals surface area contributed by atoms with Crippen LogP contribution in [0.25, 0.3) is 0 Å². The molecule has 0 aromatic heterocycles. The average Bonchev–Trinajstić information content (AvgIpc) is 0.794. The summed E-state index contributed by atoms with van der Waals surface area (Å²) in [7, 11) is 0. The molecular formula is C60H83F5N14O17. The maximum atomic E-state index is 14.9. The molecule has 96 heavy (non-hydrogen) atoms. The number of aliphatic hydroxyl groups excluding tert-OH is 4. The molecule has 10 amide bonds. The van der Waals surface area contributed by atoms with E-state index in [2.05, 4.69) is 42.0 Å². The van der Waals surface area contributed by atoms with E-state index in [0.717, 1.165) is 6.92 Å². The normalized spacial score (nSPS) is 15.3. The molecule has 13 atom stereocenters. The molecule has 0 bridgehead atoms. The third kappa shape index (κ3) is 24.3. The molecule has 0 aliphatic heterocycles. The van der Waals surface area contributed by atoms with Crippen LogP contribution in [-0.4, -0.2) is 178 Å². The second-order valence-corrected chi connectivity index (χ2v) is 22.8. The first kappa shape index (κ1) is 80.6. The molecule has 21 N–H and O–H groups in total. The van der Waals surface area contributed by atoms with Gasteiger partial charge in [-0.25, -0.2) is 22.8 Å². The minimum Gasteiger partial charge on any atom is -0.445 e. The summed E-state index contributed by atoms with van der Waals surface area (Å²) < 4.78 is 82.2. The van der Waals surface area contributed by atoms with Gasteiger partial charge in [0.05, 0.1) is 31.4 Å². The fraction of sp³-hybridized carbons (Fsp3) is 0.500. The molecular weight excluding hydrogens is 1280 g/mol. The van der Waals surface area contributed by atoms with Gasteiger partial charge in [-0.05, 0) is 55.1 Å². The first-order chi connectivity index (χ1) is 45.1. The molecule has 1 unspecified atom stereocenters. The highest BCUT2D eigenvalue weighted by molar-refractivity contribution is 5.99. The molecule has 0 aliphatic rings. The van der Waals surface area contributed by atoms with Gasteiger partial charge in [-0.3, -0.25) is 48.6 Å². The number of carbonyl (C=O) groups excluding carboxylic acids is 11. The quantitative estimate of drug-likeness (QED) is 0.00411. The third-order valence-corrected chi connectivity index (χ3v) is 14.5. The smallest absolute Gasteiger partial charge is 0.408 e. The number of nitrogens with one attached hydrogen (secondary N) is 11. The summed E-state index contributed by atoms with van der Waals surface area (Å²) in [5.41, 5.74) is 16.8. The van der Waals surface area contributed by atoms with E-state index in [1.165, 1.54) is 49.4 Å². The van der Waals surface area contributed by atoms with E-state index in [1.54, 1.807) is 52.8 Å². The predicted octanol–water partition coefficient (Wildman–Crippen LogP) is -2.62. The number of rotatable bonds is 37. The van der Waals surface area contributed by atoms with Crippen molar-refractivity contribution in [3.8, 4) is 5.75 Å². The maximum Gasteiger partial charge on any atom is 0.408 e. The molecule has 0 saturated carbocycles. The minimum absolute atomic E-state index is 0.0424. The van der Waals surface area contributed by atoms with Gasteiger partial charge in [-0.1, -0.05) is 109 Å². The first-order valence-electron chi connectivity index (χ1n) is 30.0. The predicted molar refractivity (Wildman–Crippen MR) is 328 cm³/mol. The highest BCUT2D eigenvalue weighted by Crippen LogP contribution is 2.31. The lowest BCUT2D eigenvalue weighted by atomic mass is 9.96. The van der Waals surface area contributed by atoms with Crippen molar-refractivity contribution in [2.45, 2.75) is 153 Å². The number of ether oxygens (including phenoxy) is 2. The first-order valence-corrected chi connectivity index (χ1v) is 30.0. The minimum atomic E-state index is -2.67.